The second-order valence-corrected chi connectivity index (χ2v) is 4.96. The Kier molecular flexibility index (Phi) is 3.47. The fourth-order valence-electron chi connectivity index (χ4n) is 2.50. The standard InChI is InChI=1S/C12H20N4O/c1-9-6-10(16-15-9)7-11(17)14-12(8-13)4-2-3-5-12/h6H,2-5,7-8,13H2,1H3,(H,14,17)(H,15,16). The summed E-state index contributed by atoms with van der Waals surface area (Å²) in [4.78, 5) is 11.9. The highest BCUT2D eigenvalue weighted by Gasteiger charge is 2.33. The molecule has 1 aliphatic rings. The first-order valence-electron chi connectivity index (χ1n) is 6.15. The number of H-pyrrole nitrogens is 1. The fraction of sp³-hybridized carbons (Fsp3) is 0.667. The van der Waals surface area contributed by atoms with Gasteiger partial charge in [-0.3, -0.25) is 9.89 Å². The highest BCUT2D eigenvalue weighted by Crippen LogP contribution is 2.28. The molecule has 2 rings (SSSR count). The summed E-state index contributed by atoms with van der Waals surface area (Å²) < 4.78 is 0. The molecule has 0 spiro atoms. The van der Waals surface area contributed by atoms with Gasteiger partial charge in [0, 0.05) is 12.2 Å². The van der Waals surface area contributed by atoms with E-state index in [1.807, 2.05) is 13.0 Å². The van der Waals surface area contributed by atoms with Crippen molar-refractivity contribution < 1.29 is 4.79 Å². The minimum atomic E-state index is -0.164. The highest BCUT2D eigenvalue weighted by atomic mass is 16.1. The monoisotopic (exact) mass is 236 g/mol. The van der Waals surface area contributed by atoms with Gasteiger partial charge >= 0.3 is 0 Å². The van der Waals surface area contributed by atoms with Crippen molar-refractivity contribution in [3.8, 4) is 0 Å². The molecular weight excluding hydrogens is 216 g/mol. The number of nitrogens with two attached hydrogens (primary N) is 1. The lowest BCUT2D eigenvalue weighted by atomic mass is 9.97. The molecule has 94 valence electrons. The number of hydrogen-bond donors (Lipinski definition) is 3. The normalized spacial score (nSPS) is 18.2. The van der Waals surface area contributed by atoms with Crippen molar-refractivity contribution in [1.82, 2.24) is 15.5 Å². The van der Waals surface area contributed by atoms with Gasteiger partial charge < -0.3 is 11.1 Å². The summed E-state index contributed by atoms with van der Waals surface area (Å²) in [6, 6.07) is 1.89. The maximum absolute atomic E-state index is 11.9. The predicted octanol–water partition coefficient (Wildman–Crippen LogP) is 0.648. The number of nitrogens with one attached hydrogen (secondary N) is 2. The van der Waals surface area contributed by atoms with E-state index in [1.54, 1.807) is 0 Å². The third-order valence-electron chi connectivity index (χ3n) is 3.46. The summed E-state index contributed by atoms with van der Waals surface area (Å²) in [5, 5.41) is 9.98. The number of aryl methyl sites for hydroxylation is 1. The average molecular weight is 236 g/mol. The van der Waals surface area contributed by atoms with Crippen LogP contribution in [0.4, 0.5) is 0 Å². The molecule has 4 N–H and O–H groups in total. The second-order valence-electron chi connectivity index (χ2n) is 4.96. The molecule has 1 aliphatic carbocycles. The van der Waals surface area contributed by atoms with E-state index >= 15 is 0 Å². The van der Waals surface area contributed by atoms with Gasteiger partial charge in [0.25, 0.3) is 0 Å². The van der Waals surface area contributed by atoms with Crippen LogP contribution in [0, 0.1) is 6.92 Å². The predicted molar refractivity (Wildman–Crippen MR) is 65.4 cm³/mol. The summed E-state index contributed by atoms with van der Waals surface area (Å²) in [6.45, 7) is 2.45. The number of aromatic amines is 1. The zero-order valence-electron chi connectivity index (χ0n) is 10.3. The lowest BCUT2D eigenvalue weighted by molar-refractivity contribution is -0.122. The molecule has 17 heavy (non-hydrogen) atoms. The van der Waals surface area contributed by atoms with Crippen LogP contribution in [-0.2, 0) is 11.2 Å². The molecule has 0 unspecified atom stereocenters. The van der Waals surface area contributed by atoms with Crippen LogP contribution < -0.4 is 11.1 Å². The van der Waals surface area contributed by atoms with Gasteiger partial charge in [-0.25, -0.2) is 0 Å². The molecule has 1 aromatic rings. The Labute approximate surface area is 101 Å². The highest BCUT2D eigenvalue weighted by molar-refractivity contribution is 5.79. The Morgan fingerprint density at radius 2 is 2.29 bits per heavy atom. The van der Waals surface area contributed by atoms with Gasteiger partial charge in [0.2, 0.25) is 5.91 Å². The van der Waals surface area contributed by atoms with Crippen molar-refractivity contribution in [2.45, 2.75) is 44.6 Å². The summed E-state index contributed by atoms with van der Waals surface area (Å²) in [6.07, 6.45) is 4.62. The zero-order valence-corrected chi connectivity index (χ0v) is 10.3. The molecule has 0 aromatic carbocycles. The van der Waals surface area contributed by atoms with E-state index in [2.05, 4.69) is 15.5 Å². The number of amides is 1. The van der Waals surface area contributed by atoms with E-state index in [0.29, 0.717) is 13.0 Å². The molecular formula is C12H20N4O. The summed E-state index contributed by atoms with van der Waals surface area (Å²) in [5.74, 6) is 0.0175. The number of carbonyl (C=O) groups excluding carboxylic acids is 1. The molecule has 0 atom stereocenters. The summed E-state index contributed by atoms with van der Waals surface area (Å²) >= 11 is 0. The lowest BCUT2D eigenvalue weighted by Gasteiger charge is -2.28. The minimum Gasteiger partial charge on any atom is -0.349 e. The first-order chi connectivity index (χ1) is 8.13. The van der Waals surface area contributed by atoms with E-state index < -0.39 is 0 Å². The number of aromatic nitrogens is 2. The largest absolute Gasteiger partial charge is 0.349 e. The van der Waals surface area contributed by atoms with Crippen molar-refractivity contribution in [2.24, 2.45) is 5.73 Å². The van der Waals surface area contributed by atoms with Crippen molar-refractivity contribution >= 4 is 5.91 Å². The smallest absolute Gasteiger partial charge is 0.226 e. The second kappa shape index (κ2) is 4.87. The molecule has 1 heterocycles. The Bertz CT molecular complexity index is 393. The molecule has 5 heteroatoms. The maximum Gasteiger partial charge on any atom is 0.226 e. The third kappa shape index (κ3) is 2.85. The SMILES string of the molecule is Cc1cc(CC(=O)NC2(CN)CCCC2)n[nH]1. The van der Waals surface area contributed by atoms with Crippen LogP contribution in [0.15, 0.2) is 6.07 Å². The van der Waals surface area contributed by atoms with Gasteiger partial charge in [0.1, 0.15) is 0 Å². The van der Waals surface area contributed by atoms with Crippen molar-refractivity contribution in [3.05, 3.63) is 17.5 Å². The van der Waals surface area contributed by atoms with Gasteiger partial charge in [-0.05, 0) is 25.8 Å². The van der Waals surface area contributed by atoms with Crippen molar-refractivity contribution in [2.75, 3.05) is 6.54 Å². The van der Waals surface area contributed by atoms with Gasteiger partial charge in [0.05, 0.1) is 17.7 Å². The molecule has 1 aromatic heterocycles. The van der Waals surface area contributed by atoms with Gasteiger partial charge in [-0.15, -0.1) is 0 Å². The molecule has 5 nitrogen and oxygen atoms in total. The first-order valence-corrected chi connectivity index (χ1v) is 6.15. The van der Waals surface area contributed by atoms with Gasteiger partial charge in [0.15, 0.2) is 0 Å². The number of rotatable bonds is 4. The van der Waals surface area contributed by atoms with Crippen LogP contribution in [0.1, 0.15) is 37.1 Å². The van der Waals surface area contributed by atoms with E-state index in [0.717, 1.165) is 37.1 Å². The minimum absolute atomic E-state index is 0.0175. The maximum atomic E-state index is 11.9. The van der Waals surface area contributed by atoms with Crippen LogP contribution in [0.5, 0.6) is 0 Å². The fourth-order valence-corrected chi connectivity index (χ4v) is 2.50. The van der Waals surface area contributed by atoms with Gasteiger partial charge in [-0.1, -0.05) is 12.8 Å². The summed E-state index contributed by atoms with van der Waals surface area (Å²) in [5.41, 5.74) is 7.37. The van der Waals surface area contributed by atoms with Crippen molar-refractivity contribution in [1.29, 1.82) is 0 Å². The van der Waals surface area contributed by atoms with Crippen molar-refractivity contribution in [3.63, 3.8) is 0 Å². The summed E-state index contributed by atoms with van der Waals surface area (Å²) in [7, 11) is 0. The zero-order chi connectivity index (χ0) is 12.3. The third-order valence-corrected chi connectivity index (χ3v) is 3.46. The molecule has 0 radical (unpaired) electrons. The Morgan fingerprint density at radius 3 is 2.82 bits per heavy atom. The van der Waals surface area contributed by atoms with Gasteiger partial charge in [-0.2, -0.15) is 5.10 Å². The van der Waals surface area contributed by atoms with E-state index in [-0.39, 0.29) is 11.4 Å². The Hall–Kier alpha value is -1.36. The van der Waals surface area contributed by atoms with Crippen LogP contribution in [-0.4, -0.2) is 28.2 Å². The Morgan fingerprint density at radius 1 is 1.59 bits per heavy atom. The van der Waals surface area contributed by atoms with E-state index in [4.69, 9.17) is 5.73 Å². The Balaban J connectivity index is 1.92. The molecule has 0 bridgehead atoms. The van der Waals surface area contributed by atoms with Crippen LogP contribution in [0.3, 0.4) is 0 Å². The molecule has 0 aliphatic heterocycles. The first kappa shape index (κ1) is 12.1. The van der Waals surface area contributed by atoms with Crippen LogP contribution in [0.2, 0.25) is 0 Å². The molecule has 0 saturated heterocycles. The molecule has 1 fully saturated rings. The molecule has 1 amide bonds. The molecule has 1 saturated carbocycles. The quantitative estimate of drug-likeness (QED) is 0.717. The lowest BCUT2D eigenvalue weighted by Crippen LogP contribution is -2.52. The average Bonchev–Trinajstić information content (AvgIpc) is 2.89. The number of carbonyl (C=O) groups is 1. The van der Waals surface area contributed by atoms with Crippen LogP contribution in [0.25, 0.3) is 0 Å². The number of hydrogen-bond acceptors (Lipinski definition) is 3. The van der Waals surface area contributed by atoms with E-state index in [9.17, 15) is 4.79 Å². The number of nitrogens with zero attached hydrogens (tertiary/aromatic N) is 1. The topological polar surface area (TPSA) is 83.8 Å². The van der Waals surface area contributed by atoms with Crippen LogP contribution >= 0.6 is 0 Å². The van der Waals surface area contributed by atoms with E-state index in [1.165, 1.54) is 0 Å².